The molecule has 1 N–H and O–H groups in total. The van der Waals surface area contributed by atoms with Crippen LogP contribution in [0.2, 0.25) is 5.02 Å². The lowest BCUT2D eigenvalue weighted by Gasteiger charge is -2.42. The smallest absolute Gasteiger partial charge is 0.238 e. The van der Waals surface area contributed by atoms with Crippen LogP contribution in [0.1, 0.15) is 24.3 Å². The molecule has 9 heteroatoms. The number of phenolic OH excluding ortho intramolecular Hbond substituents is 1. The molecule has 1 aliphatic heterocycles. The third-order valence-corrected chi connectivity index (χ3v) is 9.35. The van der Waals surface area contributed by atoms with Gasteiger partial charge in [-0.1, -0.05) is 29.3 Å². The van der Waals surface area contributed by atoms with E-state index in [1.165, 1.54) is 23.1 Å². The molecule has 186 valence electrons. The van der Waals surface area contributed by atoms with E-state index in [9.17, 15) is 24.3 Å². The molecule has 6 nitrogen and oxygen atoms in total. The van der Waals surface area contributed by atoms with E-state index >= 15 is 0 Å². The lowest BCUT2D eigenvalue weighted by molar-refractivity contribution is -0.123. The Morgan fingerprint density at radius 3 is 2.43 bits per heavy atom. The molecule has 3 aliphatic carbocycles. The number of carbonyl (C=O) groups is 4. The van der Waals surface area contributed by atoms with E-state index in [0.29, 0.717) is 28.8 Å². The zero-order valence-corrected chi connectivity index (χ0v) is 23.6. The van der Waals surface area contributed by atoms with Crippen molar-refractivity contribution in [1.29, 1.82) is 0 Å². The number of ketones is 2. The van der Waals surface area contributed by atoms with Crippen molar-refractivity contribution in [3.05, 3.63) is 90.0 Å². The van der Waals surface area contributed by atoms with E-state index in [-0.39, 0.29) is 45.1 Å². The molecule has 0 aromatic heterocycles. The Balaban J connectivity index is 1.50. The summed E-state index contributed by atoms with van der Waals surface area (Å²) < 4.78 is 1.15. The van der Waals surface area contributed by atoms with Crippen molar-refractivity contribution in [3.63, 3.8) is 0 Å². The molecule has 0 unspecified atom stereocenters. The van der Waals surface area contributed by atoms with Gasteiger partial charge in [0.1, 0.15) is 5.75 Å². The van der Waals surface area contributed by atoms with Crippen LogP contribution in [0.25, 0.3) is 0 Å². The van der Waals surface area contributed by atoms with Gasteiger partial charge in [0.05, 0.1) is 22.0 Å². The number of aromatic hydroxyl groups is 1. The predicted octanol–water partition coefficient (Wildman–Crippen LogP) is 5.62. The first-order valence-electron chi connectivity index (χ1n) is 11.7. The van der Waals surface area contributed by atoms with Crippen molar-refractivity contribution in [2.45, 2.75) is 18.8 Å². The summed E-state index contributed by atoms with van der Waals surface area (Å²) in [6.07, 6.45) is 3.75. The van der Waals surface area contributed by atoms with Crippen molar-refractivity contribution in [2.75, 3.05) is 4.90 Å². The third kappa shape index (κ3) is 3.79. The van der Waals surface area contributed by atoms with Crippen LogP contribution in [0.5, 0.6) is 5.75 Å². The van der Waals surface area contributed by atoms with Crippen molar-refractivity contribution >= 4 is 79.2 Å². The third-order valence-electron chi connectivity index (χ3n) is 7.71. The first-order valence-corrected chi connectivity index (χ1v) is 13.9. The Bertz CT molecular complexity index is 1530. The van der Waals surface area contributed by atoms with Crippen LogP contribution < -0.4 is 4.90 Å². The zero-order chi connectivity index (χ0) is 26.2. The maximum atomic E-state index is 13.8. The number of benzene rings is 2. The molecule has 2 amide bonds. The summed E-state index contributed by atoms with van der Waals surface area (Å²) in [5.74, 6) is -3.49. The lowest BCUT2D eigenvalue weighted by atomic mass is 9.59. The Hall–Kier alpha value is -2.56. The SMILES string of the molecule is O=C1C=C(Br)C(=O)C2=C1[C@@H](c1ccc(O)cc1Cl)C1=CC[C@@H]3C(=O)N(c4ccc(I)cc4)C(=O)[C@@H]3[C@@H]1C2. The highest BCUT2D eigenvalue weighted by Crippen LogP contribution is 2.56. The second kappa shape index (κ2) is 9.03. The number of phenols is 1. The maximum absolute atomic E-state index is 13.8. The molecule has 0 bridgehead atoms. The fourth-order valence-corrected chi connectivity index (χ4v) is 7.25. The number of halogens is 3. The quantitative estimate of drug-likeness (QED) is 0.191. The predicted molar refractivity (Wildman–Crippen MR) is 149 cm³/mol. The van der Waals surface area contributed by atoms with E-state index in [0.717, 1.165) is 9.14 Å². The number of Topliss-reactive ketones (excluding diaryl/α,β-unsaturated/α-hetero) is 1. The van der Waals surface area contributed by atoms with Crippen LogP contribution >= 0.6 is 50.1 Å². The minimum Gasteiger partial charge on any atom is -0.508 e. The standard InChI is InChI=1S/C28H18BrClINO5/c29-20-11-22(34)25-19(26(20)35)10-18-15(23(25)16-6-5-14(33)9-21(16)30)7-8-17-24(18)28(37)32(27(17)36)13-3-1-12(31)2-4-13/h1-7,9,11,17-18,23-24,33H,8,10H2/t17-,18+,23+,24-/m0/s1. The Morgan fingerprint density at radius 2 is 1.73 bits per heavy atom. The molecule has 1 fully saturated rings. The van der Waals surface area contributed by atoms with Gasteiger partial charge in [-0.3, -0.25) is 24.1 Å². The topological polar surface area (TPSA) is 91.8 Å². The van der Waals surface area contributed by atoms with Gasteiger partial charge in [-0.25, -0.2) is 0 Å². The largest absolute Gasteiger partial charge is 0.508 e. The van der Waals surface area contributed by atoms with Gasteiger partial charge < -0.3 is 5.11 Å². The second-order valence-electron chi connectivity index (χ2n) is 9.59. The minimum absolute atomic E-state index is 0.0218. The molecule has 0 spiro atoms. The average molecular weight is 691 g/mol. The van der Waals surface area contributed by atoms with Crippen LogP contribution in [-0.2, 0) is 19.2 Å². The summed E-state index contributed by atoms with van der Waals surface area (Å²) in [6, 6.07) is 11.7. The Labute approximate surface area is 239 Å². The number of hydrogen-bond acceptors (Lipinski definition) is 5. The molecular weight excluding hydrogens is 673 g/mol. The monoisotopic (exact) mass is 689 g/mol. The number of rotatable bonds is 2. The van der Waals surface area contributed by atoms with Gasteiger partial charge in [0.2, 0.25) is 11.8 Å². The molecule has 37 heavy (non-hydrogen) atoms. The highest BCUT2D eigenvalue weighted by atomic mass is 127. The highest BCUT2D eigenvalue weighted by Gasteiger charge is 2.56. The highest BCUT2D eigenvalue weighted by molar-refractivity contribution is 14.1. The average Bonchev–Trinajstić information content (AvgIpc) is 3.12. The lowest BCUT2D eigenvalue weighted by Crippen LogP contribution is -2.39. The minimum atomic E-state index is -0.661. The summed E-state index contributed by atoms with van der Waals surface area (Å²) in [6.45, 7) is 0. The second-order valence-corrected chi connectivity index (χ2v) is 12.1. The summed E-state index contributed by atoms with van der Waals surface area (Å²) in [5.41, 5.74) is 2.58. The van der Waals surface area contributed by atoms with Crippen LogP contribution in [0.3, 0.4) is 0 Å². The number of fused-ring (bicyclic) bond motifs is 3. The molecule has 0 saturated carbocycles. The first-order chi connectivity index (χ1) is 17.7. The summed E-state index contributed by atoms with van der Waals surface area (Å²) in [7, 11) is 0. The summed E-state index contributed by atoms with van der Waals surface area (Å²) >= 11 is 11.9. The molecule has 4 aliphatic rings. The van der Waals surface area contributed by atoms with Gasteiger partial charge >= 0.3 is 0 Å². The molecule has 6 rings (SSSR count). The molecule has 2 aromatic carbocycles. The molecule has 0 radical (unpaired) electrons. The van der Waals surface area contributed by atoms with Gasteiger partial charge in [0.15, 0.2) is 11.6 Å². The number of amides is 2. The number of carbonyl (C=O) groups excluding carboxylic acids is 4. The number of anilines is 1. The van der Waals surface area contributed by atoms with Crippen LogP contribution in [0.4, 0.5) is 5.69 Å². The van der Waals surface area contributed by atoms with E-state index in [2.05, 4.69) is 38.5 Å². The van der Waals surface area contributed by atoms with Gasteiger partial charge in [-0.05, 0) is 99.2 Å². The zero-order valence-electron chi connectivity index (χ0n) is 19.1. The maximum Gasteiger partial charge on any atom is 0.238 e. The fourth-order valence-electron chi connectivity index (χ4n) is 6.16. The van der Waals surface area contributed by atoms with Crippen molar-refractivity contribution in [3.8, 4) is 5.75 Å². The van der Waals surface area contributed by atoms with Gasteiger partial charge in [-0.2, -0.15) is 0 Å². The summed E-state index contributed by atoms with van der Waals surface area (Å²) in [5, 5.41) is 10.2. The molecular formula is C28H18BrClINO5. The molecule has 1 saturated heterocycles. The number of hydrogen-bond donors (Lipinski definition) is 1. The normalized spacial score (nSPS) is 27.1. The first kappa shape index (κ1) is 24.8. The van der Waals surface area contributed by atoms with E-state index in [1.807, 2.05) is 18.2 Å². The van der Waals surface area contributed by atoms with Crippen LogP contribution in [0, 0.1) is 21.3 Å². The van der Waals surface area contributed by atoms with Crippen molar-refractivity contribution < 1.29 is 24.3 Å². The van der Waals surface area contributed by atoms with Crippen LogP contribution in [0.15, 0.2) is 75.8 Å². The molecule has 2 aromatic rings. The summed E-state index contributed by atoms with van der Waals surface area (Å²) in [4.78, 5) is 55.1. The van der Waals surface area contributed by atoms with E-state index in [1.54, 1.807) is 18.2 Å². The van der Waals surface area contributed by atoms with Crippen molar-refractivity contribution in [1.82, 2.24) is 0 Å². The molecule has 4 atom stereocenters. The Kier molecular flexibility index (Phi) is 6.04. The Morgan fingerprint density at radius 1 is 1.00 bits per heavy atom. The van der Waals surface area contributed by atoms with Crippen LogP contribution in [-0.4, -0.2) is 28.5 Å². The number of nitrogens with zero attached hydrogens (tertiary/aromatic N) is 1. The van der Waals surface area contributed by atoms with E-state index < -0.39 is 23.7 Å². The van der Waals surface area contributed by atoms with Gasteiger partial charge in [0, 0.05) is 31.7 Å². The molecule has 1 heterocycles. The van der Waals surface area contributed by atoms with Gasteiger partial charge in [0.25, 0.3) is 0 Å². The van der Waals surface area contributed by atoms with E-state index in [4.69, 9.17) is 11.6 Å². The number of allylic oxidation sites excluding steroid dienone is 6. The fraction of sp³-hybridized carbons (Fsp3) is 0.214. The van der Waals surface area contributed by atoms with Crippen molar-refractivity contribution in [2.24, 2.45) is 17.8 Å². The van der Waals surface area contributed by atoms with Gasteiger partial charge in [-0.15, -0.1) is 0 Å². The number of imide groups is 1.